The molecule has 0 saturated carbocycles. The molecule has 146 valence electrons. The Morgan fingerprint density at radius 3 is 2.43 bits per heavy atom. The van der Waals surface area contributed by atoms with Gasteiger partial charge in [-0.15, -0.1) is 0 Å². The van der Waals surface area contributed by atoms with E-state index in [-0.39, 0.29) is 11.6 Å². The first kappa shape index (κ1) is 19.7. The lowest BCUT2D eigenvalue weighted by atomic mass is 10.1. The van der Waals surface area contributed by atoms with Crippen LogP contribution in [0.5, 0.6) is 0 Å². The Labute approximate surface area is 163 Å². The lowest BCUT2D eigenvalue weighted by Crippen LogP contribution is -2.30. The van der Waals surface area contributed by atoms with E-state index in [9.17, 15) is 15.2 Å². The van der Waals surface area contributed by atoms with Gasteiger partial charge in [0.2, 0.25) is 0 Å². The van der Waals surface area contributed by atoms with Crippen LogP contribution in [0.25, 0.3) is 16.9 Å². The molecule has 3 aromatic rings. The first-order valence-electron chi connectivity index (χ1n) is 9.23. The molecular formula is C21H24N4O3. The van der Waals surface area contributed by atoms with Crippen molar-refractivity contribution in [1.29, 1.82) is 0 Å². The third kappa shape index (κ3) is 4.62. The summed E-state index contributed by atoms with van der Waals surface area (Å²) in [5, 5.41) is 28.9. The van der Waals surface area contributed by atoms with Crippen LogP contribution in [0.2, 0.25) is 0 Å². The molecule has 0 aliphatic heterocycles. The summed E-state index contributed by atoms with van der Waals surface area (Å²) in [7, 11) is 0. The van der Waals surface area contributed by atoms with Gasteiger partial charge in [-0.05, 0) is 30.2 Å². The molecule has 1 aromatic heterocycles. The lowest BCUT2D eigenvalue weighted by Gasteiger charge is -2.15. The molecule has 3 rings (SSSR count). The highest BCUT2D eigenvalue weighted by molar-refractivity contribution is 5.64. The molecule has 0 fully saturated rings. The summed E-state index contributed by atoms with van der Waals surface area (Å²) in [6.45, 7) is 4.96. The fourth-order valence-corrected chi connectivity index (χ4v) is 2.83. The molecule has 0 bridgehead atoms. The normalized spacial score (nSPS) is 12.3. The first-order valence-corrected chi connectivity index (χ1v) is 9.23. The van der Waals surface area contributed by atoms with Crippen molar-refractivity contribution in [3.8, 4) is 16.9 Å². The van der Waals surface area contributed by atoms with E-state index in [1.807, 2.05) is 50.4 Å². The summed E-state index contributed by atoms with van der Waals surface area (Å²) in [5.74, 6) is 0.175. The van der Waals surface area contributed by atoms with Crippen LogP contribution in [0, 0.1) is 16.0 Å². The number of nitrogens with one attached hydrogen (secondary N) is 1. The van der Waals surface area contributed by atoms with Crippen LogP contribution in [0.1, 0.15) is 19.4 Å². The highest BCUT2D eigenvalue weighted by Gasteiger charge is 2.15. The summed E-state index contributed by atoms with van der Waals surface area (Å²) in [5.41, 5.74) is 3.49. The number of aliphatic hydroxyl groups is 1. The second-order valence-electron chi connectivity index (χ2n) is 7.03. The van der Waals surface area contributed by atoms with Crippen molar-refractivity contribution in [3.63, 3.8) is 0 Å². The Kier molecular flexibility index (Phi) is 6.18. The summed E-state index contributed by atoms with van der Waals surface area (Å²) in [6, 6.07) is 16.1. The Bertz CT molecular complexity index is 921. The Morgan fingerprint density at radius 2 is 1.82 bits per heavy atom. The molecule has 0 radical (unpaired) electrons. The highest BCUT2D eigenvalue weighted by Crippen LogP contribution is 2.26. The number of hydrogen-bond acceptors (Lipinski definition) is 5. The number of rotatable bonds is 8. The highest BCUT2D eigenvalue weighted by atomic mass is 16.6. The Hall–Kier alpha value is -3.03. The van der Waals surface area contributed by atoms with Gasteiger partial charge in [-0.25, -0.2) is 4.68 Å². The SMILES string of the molecule is CC(C)C(O)CNCc1cn(-c2ccccc2)nc1-c1ccc([N+](=O)[O-])cc1. The number of nitro benzene ring substituents is 1. The number of benzene rings is 2. The van der Waals surface area contributed by atoms with E-state index in [0.717, 1.165) is 22.5 Å². The molecule has 0 saturated heterocycles. The number of nitrogens with zero attached hydrogens (tertiary/aromatic N) is 3. The number of nitro groups is 1. The maximum Gasteiger partial charge on any atom is 0.269 e. The fraction of sp³-hybridized carbons (Fsp3) is 0.286. The molecule has 28 heavy (non-hydrogen) atoms. The number of aliphatic hydroxyl groups excluding tert-OH is 1. The summed E-state index contributed by atoms with van der Waals surface area (Å²) >= 11 is 0. The minimum Gasteiger partial charge on any atom is -0.392 e. The van der Waals surface area contributed by atoms with E-state index in [2.05, 4.69) is 5.32 Å². The van der Waals surface area contributed by atoms with E-state index in [1.165, 1.54) is 12.1 Å². The summed E-state index contributed by atoms with van der Waals surface area (Å²) < 4.78 is 1.80. The molecule has 0 aliphatic carbocycles. The predicted octanol–water partition coefficient (Wildman–Crippen LogP) is 3.55. The standard InChI is InChI=1S/C21H24N4O3/c1-15(2)20(26)13-22-12-17-14-24(18-6-4-3-5-7-18)23-21(17)16-8-10-19(11-9-16)25(27)28/h3-11,14-15,20,22,26H,12-13H2,1-2H3. The second-order valence-corrected chi connectivity index (χ2v) is 7.03. The molecule has 1 atom stereocenters. The van der Waals surface area contributed by atoms with Crippen LogP contribution in [0.4, 0.5) is 5.69 Å². The smallest absolute Gasteiger partial charge is 0.269 e. The molecule has 2 aromatic carbocycles. The van der Waals surface area contributed by atoms with Crippen molar-refractivity contribution in [3.05, 3.63) is 76.5 Å². The van der Waals surface area contributed by atoms with Crippen molar-refractivity contribution in [2.45, 2.75) is 26.5 Å². The fourth-order valence-electron chi connectivity index (χ4n) is 2.83. The van der Waals surface area contributed by atoms with Crippen LogP contribution >= 0.6 is 0 Å². The van der Waals surface area contributed by atoms with Gasteiger partial charge < -0.3 is 10.4 Å². The lowest BCUT2D eigenvalue weighted by molar-refractivity contribution is -0.384. The van der Waals surface area contributed by atoms with Crippen molar-refractivity contribution >= 4 is 5.69 Å². The predicted molar refractivity (Wildman–Crippen MR) is 108 cm³/mol. The van der Waals surface area contributed by atoms with E-state index in [1.54, 1.807) is 16.8 Å². The molecule has 1 heterocycles. The third-order valence-corrected chi connectivity index (χ3v) is 4.60. The molecule has 7 heteroatoms. The van der Waals surface area contributed by atoms with E-state index < -0.39 is 11.0 Å². The van der Waals surface area contributed by atoms with Crippen LogP contribution < -0.4 is 5.32 Å². The van der Waals surface area contributed by atoms with Gasteiger partial charge in [0, 0.05) is 42.5 Å². The van der Waals surface area contributed by atoms with Gasteiger partial charge in [0.15, 0.2) is 0 Å². The topological polar surface area (TPSA) is 93.2 Å². The van der Waals surface area contributed by atoms with Crippen LogP contribution in [-0.2, 0) is 6.54 Å². The van der Waals surface area contributed by atoms with Crippen LogP contribution in [-0.4, -0.2) is 32.5 Å². The van der Waals surface area contributed by atoms with Crippen molar-refractivity contribution in [2.75, 3.05) is 6.54 Å². The monoisotopic (exact) mass is 380 g/mol. The summed E-state index contributed by atoms with van der Waals surface area (Å²) in [4.78, 5) is 10.5. The number of para-hydroxylation sites is 1. The zero-order valence-corrected chi connectivity index (χ0v) is 15.9. The van der Waals surface area contributed by atoms with Gasteiger partial charge in [-0.2, -0.15) is 5.10 Å². The van der Waals surface area contributed by atoms with Crippen LogP contribution in [0.3, 0.4) is 0 Å². The third-order valence-electron chi connectivity index (χ3n) is 4.60. The molecule has 0 spiro atoms. The first-order chi connectivity index (χ1) is 13.5. The number of hydrogen-bond donors (Lipinski definition) is 2. The van der Waals surface area contributed by atoms with E-state index in [4.69, 9.17) is 5.10 Å². The molecule has 7 nitrogen and oxygen atoms in total. The molecule has 2 N–H and O–H groups in total. The van der Waals surface area contributed by atoms with Crippen molar-refractivity contribution in [1.82, 2.24) is 15.1 Å². The molecular weight excluding hydrogens is 356 g/mol. The maximum atomic E-state index is 10.9. The van der Waals surface area contributed by atoms with E-state index in [0.29, 0.717) is 13.1 Å². The zero-order valence-electron chi connectivity index (χ0n) is 15.9. The molecule has 1 unspecified atom stereocenters. The van der Waals surface area contributed by atoms with Gasteiger partial charge in [0.25, 0.3) is 5.69 Å². The molecule has 0 aliphatic rings. The van der Waals surface area contributed by atoms with Gasteiger partial charge >= 0.3 is 0 Å². The second kappa shape index (κ2) is 8.77. The summed E-state index contributed by atoms with van der Waals surface area (Å²) in [6.07, 6.45) is 1.52. The Morgan fingerprint density at radius 1 is 1.14 bits per heavy atom. The largest absolute Gasteiger partial charge is 0.392 e. The zero-order chi connectivity index (χ0) is 20.1. The average Bonchev–Trinajstić information content (AvgIpc) is 3.12. The van der Waals surface area contributed by atoms with Crippen molar-refractivity contribution < 1.29 is 10.0 Å². The van der Waals surface area contributed by atoms with Gasteiger partial charge in [0.05, 0.1) is 22.4 Å². The van der Waals surface area contributed by atoms with Gasteiger partial charge in [-0.1, -0.05) is 32.0 Å². The number of aromatic nitrogens is 2. The van der Waals surface area contributed by atoms with Crippen LogP contribution in [0.15, 0.2) is 60.8 Å². The molecule has 0 amide bonds. The van der Waals surface area contributed by atoms with Gasteiger partial charge in [0.1, 0.15) is 0 Å². The minimum atomic E-state index is -0.424. The number of non-ortho nitro benzene ring substituents is 1. The minimum absolute atomic E-state index is 0.0472. The van der Waals surface area contributed by atoms with Crippen molar-refractivity contribution in [2.24, 2.45) is 5.92 Å². The maximum absolute atomic E-state index is 10.9. The van der Waals surface area contributed by atoms with E-state index >= 15 is 0 Å². The Balaban J connectivity index is 1.89. The average molecular weight is 380 g/mol. The quantitative estimate of drug-likeness (QED) is 0.460. The van der Waals surface area contributed by atoms with Gasteiger partial charge in [-0.3, -0.25) is 10.1 Å².